The van der Waals surface area contributed by atoms with Gasteiger partial charge in [0.25, 0.3) is 0 Å². The second kappa shape index (κ2) is 5.14. The summed E-state index contributed by atoms with van der Waals surface area (Å²) >= 11 is 0. The third-order valence-electron chi connectivity index (χ3n) is 1.49. The van der Waals surface area contributed by atoms with Crippen molar-refractivity contribution in [3.05, 3.63) is 35.3 Å². The zero-order valence-electron chi connectivity index (χ0n) is 15.2. The number of hydrogen-bond donors (Lipinski definition) is 0. The zero-order valence-corrected chi connectivity index (χ0v) is 8.17. The van der Waals surface area contributed by atoms with E-state index < -0.39 is 53.8 Å². The van der Waals surface area contributed by atoms with E-state index in [1.54, 1.807) is 0 Å². The van der Waals surface area contributed by atoms with Gasteiger partial charge in [-0.1, -0.05) is 29.3 Å². The average Bonchev–Trinajstić information content (AvgIpc) is 2.44. The van der Waals surface area contributed by atoms with E-state index in [4.69, 9.17) is 9.60 Å². The summed E-state index contributed by atoms with van der Waals surface area (Å²) in [5.74, 6) is -1.09. The minimum atomic E-state index is -2.89. The summed E-state index contributed by atoms with van der Waals surface area (Å²) in [7, 11) is 2.12. The van der Waals surface area contributed by atoms with Gasteiger partial charge in [-0.15, -0.1) is 0 Å². The predicted molar refractivity (Wildman–Crippen MR) is 56.7 cm³/mol. The van der Waals surface area contributed by atoms with Crippen molar-refractivity contribution >= 4 is 11.7 Å². The normalized spacial score (nSPS) is 18.5. The minimum absolute atomic E-state index is 0.570. The summed E-state index contributed by atoms with van der Waals surface area (Å²) in [6, 6.07) is -2.90. The molecule has 4 heteroatoms. The molecule has 1 aromatic rings. The van der Waals surface area contributed by atoms with Crippen molar-refractivity contribution < 1.29 is 24.0 Å². The molecular weight excluding hydrogens is 194 g/mol. The topological polar surface area (TPSA) is 47.9 Å². The van der Waals surface area contributed by atoms with Crippen LogP contribution in [0, 0.1) is 6.85 Å². The van der Waals surface area contributed by atoms with Crippen LogP contribution in [0.25, 0.3) is 0 Å². The Morgan fingerprint density at radius 1 is 1.47 bits per heavy atom. The van der Waals surface area contributed by atoms with E-state index in [1.165, 1.54) is 0 Å². The first-order chi connectivity index (χ1) is 10.1. The van der Waals surface area contributed by atoms with Crippen LogP contribution in [-0.2, 0) is 14.4 Å². The van der Waals surface area contributed by atoms with Crippen LogP contribution in [0.4, 0.5) is 0 Å². The summed E-state index contributed by atoms with van der Waals surface area (Å²) < 4.78 is 57.7. The van der Waals surface area contributed by atoms with Gasteiger partial charge in [-0.05, 0) is 12.4 Å². The number of ether oxygens (including phenoxy) is 1. The molecule has 0 saturated carbocycles. The lowest BCUT2D eigenvalue weighted by Crippen LogP contribution is -2.18. The Labute approximate surface area is 98.3 Å². The number of methoxy groups -OCH3 is 1. The molecule has 0 aliphatic carbocycles. The molecule has 0 amide bonds. The summed E-state index contributed by atoms with van der Waals surface area (Å²) in [4.78, 5) is 16.2. The van der Waals surface area contributed by atoms with Gasteiger partial charge in [0.2, 0.25) is 0 Å². The lowest BCUT2D eigenvalue weighted by Gasteiger charge is -2.06. The Morgan fingerprint density at radius 3 is 2.80 bits per heavy atom. The van der Waals surface area contributed by atoms with Crippen LogP contribution in [0.1, 0.15) is 20.7 Å². The Bertz CT molecular complexity index is 640. The first-order valence-electron chi connectivity index (χ1n) is 7.38. The lowest BCUT2D eigenvalue weighted by molar-refractivity contribution is -0.132. The zero-order chi connectivity index (χ0) is 17.2. The molecule has 0 aliphatic heterocycles. The molecule has 1 aromatic carbocycles. The molecule has 15 heavy (non-hydrogen) atoms. The maximum Gasteiger partial charge on any atom is 0.360 e. The summed E-state index contributed by atoms with van der Waals surface area (Å²) in [6.07, 6.45) is 0. The fourth-order valence-corrected chi connectivity index (χ4v) is 0.863. The van der Waals surface area contributed by atoms with Crippen LogP contribution < -0.4 is 0 Å². The van der Waals surface area contributed by atoms with Gasteiger partial charge in [-0.25, -0.2) is 4.79 Å². The average molecular weight is 214 g/mol. The number of hydrogen-bond acceptors (Lipinski definition) is 4. The van der Waals surface area contributed by atoms with Crippen LogP contribution in [0.5, 0.6) is 0 Å². The summed E-state index contributed by atoms with van der Waals surface area (Å²) in [5.41, 5.74) is -1.94. The van der Waals surface area contributed by atoms with Crippen molar-refractivity contribution in [3.63, 3.8) is 0 Å². The van der Waals surface area contributed by atoms with Gasteiger partial charge in [-0.2, -0.15) is 0 Å². The van der Waals surface area contributed by atoms with Crippen molar-refractivity contribution in [1.82, 2.24) is 0 Å². The van der Waals surface area contributed by atoms with Crippen LogP contribution in [0.3, 0.4) is 0 Å². The quantitative estimate of drug-likeness (QED) is 0.435. The van der Waals surface area contributed by atoms with E-state index in [2.05, 4.69) is 14.7 Å². The molecule has 0 unspecified atom stereocenters. The highest BCUT2D eigenvalue weighted by Crippen LogP contribution is 2.09. The molecule has 0 radical (unpaired) electrons. The number of esters is 1. The minimum Gasteiger partial charge on any atom is -0.464 e. The molecule has 0 saturated heterocycles. The van der Waals surface area contributed by atoms with Gasteiger partial charge in [0.05, 0.1) is 12.6 Å². The Balaban J connectivity index is 3.94. The summed E-state index contributed by atoms with van der Waals surface area (Å²) in [6.45, 7) is -2.89. The van der Waals surface area contributed by atoms with E-state index in [1.807, 2.05) is 0 Å². The molecule has 0 spiro atoms. The highest BCUT2D eigenvalue weighted by Gasteiger charge is 2.16. The maximum atomic E-state index is 11.8. The van der Waals surface area contributed by atoms with Crippen LogP contribution in [-0.4, -0.2) is 25.9 Å². The van der Waals surface area contributed by atoms with Crippen molar-refractivity contribution in [1.29, 1.82) is 0 Å². The molecule has 0 N–H and O–H groups in total. The fraction of sp³-hybridized carbons (Fsp3) is 0.273. The Kier molecular flexibility index (Phi) is 1.64. The second-order valence-electron chi connectivity index (χ2n) is 2.36. The number of benzene rings is 1. The van der Waals surface area contributed by atoms with E-state index >= 15 is 0 Å². The van der Waals surface area contributed by atoms with Gasteiger partial charge in [0, 0.05) is 9.68 Å². The van der Waals surface area contributed by atoms with E-state index in [0.29, 0.717) is 0 Å². The van der Waals surface area contributed by atoms with Gasteiger partial charge in [0.1, 0.15) is 7.11 Å². The van der Waals surface area contributed by atoms with E-state index in [-0.39, 0.29) is 0 Å². The van der Waals surface area contributed by atoms with Gasteiger partial charge < -0.3 is 9.57 Å². The van der Waals surface area contributed by atoms with E-state index in [0.717, 1.165) is 14.2 Å². The SMILES string of the molecule is [2H]c1c([2H])c([2H])c(C([2H])([2H])[2H])c(/C(=N/OC)C(=O)OC)c1[2H]. The van der Waals surface area contributed by atoms with Crippen molar-refractivity contribution in [2.45, 2.75) is 6.85 Å². The predicted octanol–water partition coefficient (Wildman–Crippen LogP) is 1.52. The number of nitrogens with zero attached hydrogens (tertiary/aromatic N) is 1. The molecule has 0 atom stereocenters. The first kappa shape index (κ1) is 4.79. The van der Waals surface area contributed by atoms with Crippen molar-refractivity contribution in [3.8, 4) is 0 Å². The van der Waals surface area contributed by atoms with Crippen molar-refractivity contribution in [2.75, 3.05) is 14.2 Å². The fourth-order valence-electron chi connectivity index (χ4n) is 0.863. The van der Waals surface area contributed by atoms with Crippen LogP contribution in [0.2, 0.25) is 0 Å². The molecular formula is C11H13NO3. The number of carbonyl (C=O) groups is 1. The highest BCUT2D eigenvalue weighted by atomic mass is 16.6. The molecule has 4 nitrogen and oxygen atoms in total. The largest absolute Gasteiger partial charge is 0.464 e. The van der Waals surface area contributed by atoms with Crippen LogP contribution >= 0.6 is 0 Å². The standard InChI is InChI=1S/C11H13NO3/c1-8-6-4-5-7-9(8)10(12-15-3)11(13)14-2/h4-7H,1-3H3/b12-10-/i1D3,4D,5D,6D,7D. The number of carbonyl (C=O) groups excluding carboxylic acids is 1. The number of rotatable bonds is 3. The monoisotopic (exact) mass is 214 g/mol. The first-order valence-corrected chi connectivity index (χ1v) is 3.88. The molecule has 0 heterocycles. The Hall–Kier alpha value is -1.84. The van der Waals surface area contributed by atoms with Crippen LogP contribution in [0.15, 0.2) is 29.3 Å². The molecule has 80 valence electrons. The number of oxime groups is 1. The lowest BCUT2D eigenvalue weighted by atomic mass is 10.0. The third-order valence-corrected chi connectivity index (χ3v) is 1.49. The van der Waals surface area contributed by atoms with Crippen molar-refractivity contribution in [2.24, 2.45) is 5.16 Å². The van der Waals surface area contributed by atoms with E-state index in [9.17, 15) is 4.79 Å². The summed E-state index contributed by atoms with van der Waals surface area (Å²) in [5, 5.41) is 3.36. The van der Waals surface area contributed by atoms with Gasteiger partial charge in [0.15, 0.2) is 5.71 Å². The Morgan fingerprint density at radius 2 is 2.20 bits per heavy atom. The smallest absolute Gasteiger partial charge is 0.360 e. The third kappa shape index (κ3) is 2.56. The molecule has 0 bridgehead atoms. The van der Waals surface area contributed by atoms with Gasteiger partial charge >= 0.3 is 5.97 Å². The molecule has 0 aromatic heterocycles. The molecule has 1 rings (SSSR count). The van der Waals surface area contributed by atoms with Gasteiger partial charge in [-0.3, -0.25) is 0 Å². The second-order valence-corrected chi connectivity index (χ2v) is 2.36. The molecule has 0 aliphatic rings. The molecule has 0 fully saturated rings. The highest BCUT2D eigenvalue weighted by molar-refractivity contribution is 6.43. The maximum absolute atomic E-state index is 11.8.